The highest BCUT2D eigenvalue weighted by Gasteiger charge is 1.99. The van der Waals surface area contributed by atoms with Gasteiger partial charge in [-0.3, -0.25) is 9.97 Å². The van der Waals surface area contributed by atoms with Gasteiger partial charge in [-0.25, -0.2) is 0 Å². The Kier molecular flexibility index (Phi) is 2.02. The molecule has 64 valence electrons. The summed E-state index contributed by atoms with van der Waals surface area (Å²) < 4.78 is 0. The third-order valence-electron chi connectivity index (χ3n) is 1.96. The van der Waals surface area contributed by atoms with Crippen molar-refractivity contribution in [2.75, 3.05) is 0 Å². The van der Waals surface area contributed by atoms with Crippen molar-refractivity contribution in [2.45, 2.75) is 6.92 Å². The van der Waals surface area contributed by atoms with Crippen LogP contribution >= 0.6 is 12.2 Å². The van der Waals surface area contributed by atoms with Gasteiger partial charge in [-0.15, -0.1) is 0 Å². The molecule has 2 aromatic heterocycles. The second-order valence-electron chi connectivity index (χ2n) is 2.85. The van der Waals surface area contributed by atoms with Gasteiger partial charge in [-0.05, 0) is 19.1 Å². The molecule has 0 bridgehead atoms. The van der Waals surface area contributed by atoms with Crippen molar-refractivity contribution in [3.63, 3.8) is 0 Å². The van der Waals surface area contributed by atoms with E-state index in [1.165, 1.54) is 0 Å². The zero-order valence-electron chi connectivity index (χ0n) is 7.19. The van der Waals surface area contributed by atoms with Gasteiger partial charge in [0, 0.05) is 34.2 Å². The number of aryl methyl sites for hydroxylation is 1. The van der Waals surface area contributed by atoms with E-state index in [9.17, 15) is 0 Å². The predicted octanol–water partition coefficient (Wildman–Crippen LogP) is 2.29. The maximum Gasteiger partial charge on any atom is 0.0747 e. The average molecular weight is 188 g/mol. The highest BCUT2D eigenvalue weighted by Crippen LogP contribution is 2.15. The molecule has 0 aliphatic carbocycles. The maximum absolute atomic E-state index is 4.83. The Morgan fingerprint density at radius 3 is 3.08 bits per heavy atom. The van der Waals surface area contributed by atoms with Gasteiger partial charge in [0.2, 0.25) is 0 Å². The second kappa shape index (κ2) is 3.18. The van der Waals surface area contributed by atoms with Crippen molar-refractivity contribution in [2.24, 2.45) is 0 Å². The molecule has 0 saturated carbocycles. The summed E-state index contributed by atoms with van der Waals surface area (Å²) in [7, 11) is 0. The Morgan fingerprint density at radius 2 is 2.31 bits per heavy atom. The molecule has 2 aromatic rings. The summed E-state index contributed by atoms with van der Waals surface area (Å²) in [6.45, 7) is 1.98. The molecule has 3 heteroatoms. The highest BCUT2D eigenvalue weighted by atomic mass is 32.1. The van der Waals surface area contributed by atoms with E-state index in [2.05, 4.69) is 9.97 Å². The van der Waals surface area contributed by atoms with Crippen LogP contribution in [0.2, 0.25) is 0 Å². The summed E-state index contributed by atoms with van der Waals surface area (Å²) in [5.74, 6) is 0. The van der Waals surface area contributed by atoms with Crippen LogP contribution in [0.1, 0.15) is 11.4 Å². The van der Waals surface area contributed by atoms with Crippen molar-refractivity contribution >= 4 is 28.4 Å². The van der Waals surface area contributed by atoms with E-state index in [0.29, 0.717) is 0 Å². The van der Waals surface area contributed by atoms with E-state index in [1.54, 1.807) is 11.6 Å². The summed E-state index contributed by atoms with van der Waals surface area (Å²) in [5, 5.41) is 3.81. The lowest BCUT2D eigenvalue weighted by Crippen LogP contribution is -1.91. The third-order valence-corrected chi connectivity index (χ3v) is 2.20. The molecule has 0 N–H and O–H groups in total. The van der Waals surface area contributed by atoms with E-state index < -0.39 is 0 Å². The summed E-state index contributed by atoms with van der Waals surface area (Å²) in [6.07, 6.45) is 3.60. The number of aromatic nitrogens is 2. The molecule has 2 nitrogen and oxygen atoms in total. The summed E-state index contributed by atoms with van der Waals surface area (Å²) in [4.78, 5) is 8.39. The van der Waals surface area contributed by atoms with Crippen molar-refractivity contribution in [3.8, 4) is 0 Å². The number of pyridine rings is 2. The Labute approximate surface area is 81.6 Å². The fourth-order valence-corrected chi connectivity index (χ4v) is 1.48. The quantitative estimate of drug-likeness (QED) is 0.642. The molecule has 0 radical (unpaired) electrons. The summed E-state index contributed by atoms with van der Waals surface area (Å²) >= 11 is 4.83. The monoisotopic (exact) mass is 188 g/mol. The Hall–Kier alpha value is -1.35. The van der Waals surface area contributed by atoms with Gasteiger partial charge in [0.1, 0.15) is 0 Å². The molecule has 0 aliphatic rings. The van der Waals surface area contributed by atoms with Crippen LogP contribution in [0.4, 0.5) is 0 Å². The first kappa shape index (κ1) is 8.26. The van der Waals surface area contributed by atoms with Crippen LogP contribution in [0.15, 0.2) is 24.5 Å². The summed E-state index contributed by atoms with van der Waals surface area (Å²) in [6, 6.07) is 3.91. The number of hydrogen-bond donors (Lipinski definition) is 0. The number of fused-ring (bicyclic) bond motifs is 1. The molecule has 0 unspecified atom stereocenters. The van der Waals surface area contributed by atoms with Crippen LogP contribution in [-0.4, -0.2) is 15.3 Å². The van der Waals surface area contributed by atoms with E-state index in [1.807, 2.05) is 25.3 Å². The average Bonchev–Trinajstić information content (AvgIpc) is 2.18. The Bertz CT molecular complexity index is 465. The van der Waals surface area contributed by atoms with Crippen molar-refractivity contribution in [1.82, 2.24) is 9.97 Å². The maximum atomic E-state index is 4.83. The molecule has 13 heavy (non-hydrogen) atoms. The first-order valence-corrected chi connectivity index (χ1v) is 4.45. The zero-order chi connectivity index (χ0) is 9.26. The van der Waals surface area contributed by atoms with Crippen LogP contribution in [0, 0.1) is 6.92 Å². The van der Waals surface area contributed by atoms with Crippen molar-refractivity contribution < 1.29 is 0 Å². The molecule has 0 aliphatic heterocycles. The molecule has 0 atom stereocenters. The van der Waals surface area contributed by atoms with Gasteiger partial charge in [-0.1, -0.05) is 12.2 Å². The molecule has 2 heterocycles. The van der Waals surface area contributed by atoms with E-state index in [-0.39, 0.29) is 0 Å². The van der Waals surface area contributed by atoms with Crippen LogP contribution in [0.5, 0.6) is 0 Å². The normalized spacial score (nSPS) is 10.2. The molecular weight excluding hydrogens is 180 g/mol. The van der Waals surface area contributed by atoms with Gasteiger partial charge in [0.15, 0.2) is 0 Å². The number of rotatable bonds is 1. The highest BCUT2D eigenvalue weighted by molar-refractivity contribution is 7.79. The molecule has 0 fully saturated rings. The standard InChI is InChI=1S/C10H8N2S/c1-7-10-2-3-11-5-8(10)4-9(6-13)12-7/h2-6H,1H3. The number of nitrogens with zero attached hydrogens (tertiary/aromatic N) is 2. The minimum absolute atomic E-state index is 0.827. The largest absolute Gasteiger partial charge is 0.264 e. The van der Waals surface area contributed by atoms with Crippen LogP contribution in [0.25, 0.3) is 10.8 Å². The molecule has 0 amide bonds. The van der Waals surface area contributed by atoms with Gasteiger partial charge < -0.3 is 0 Å². The SMILES string of the molecule is Cc1nc(C=S)cc2cnccc12. The second-order valence-corrected chi connectivity index (χ2v) is 3.08. The zero-order valence-corrected chi connectivity index (χ0v) is 8.01. The molecule has 0 spiro atoms. The van der Waals surface area contributed by atoms with E-state index in [4.69, 9.17) is 12.2 Å². The number of hydrogen-bond acceptors (Lipinski definition) is 3. The van der Waals surface area contributed by atoms with Crippen LogP contribution in [-0.2, 0) is 0 Å². The predicted molar refractivity (Wildman–Crippen MR) is 57.0 cm³/mol. The number of thiocarbonyl (C=S) groups is 1. The fourth-order valence-electron chi connectivity index (χ4n) is 1.36. The van der Waals surface area contributed by atoms with Crippen LogP contribution < -0.4 is 0 Å². The topological polar surface area (TPSA) is 25.8 Å². The fraction of sp³-hybridized carbons (Fsp3) is 0.100. The first-order valence-electron chi connectivity index (χ1n) is 3.98. The van der Waals surface area contributed by atoms with Crippen molar-refractivity contribution in [3.05, 3.63) is 35.9 Å². The minimum atomic E-state index is 0.827. The molecule has 0 aromatic carbocycles. The third kappa shape index (κ3) is 1.42. The van der Waals surface area contributed by atoms with Gasteiger partial charge in [0.05, 0.1) is 5.69 Å². The molecule has 2 rings (SSSR count). The summed E-state index contributed by atoms with van der Waals surface area (Å²) in [5.41, 5.74) is 1.82. The lowest BCUT2D eigenvalue weighted by Gasteiger charge is -2.01. The smallest absolute Gasteiger partial charge is 0.0747 e. The first-order chi connectivity index (χ1) is 6.31. The Morgan fingerprint density at radius 1 is 1.46 bits per heavy atom. The van der Waals surface area contributed by atoms with Crippen molar-refractivity contribution in [1.29, 1.82) is 0 Å². The van der Waals surface area contributed by atoms with E-state index in [0.717, 1.165) is 22.2 Å². The van der Waals surface area contributed by atoms with Gasteiger partial charge >= 0.3 is 0 Å². The lowest BCUT2D eigenvalue weighted by molar-refractivity contribution is 1.21. The molecule has 0 saturated heterocycles. The van der Waals surface area contributed by atoms with Crippen LogP contribution in [0.3, 0.4) is 0 Å². The van der Waals surface area contributed by atoms with Gasteiger partial charge in [-0.2, -0.15) is 0 Å². The Balaban J connectivity index is 2.84. The lowest BCUT2D eigenvalue weighted by atomic mass is 10.1. The van der Waals surface area contributed by atoms with Gasteiger partial charge in [0.25, 0.3) is 0 Å². The molecular formula is C10H8N2S. The minimum Gasteiger partial charge on any atom is -0.264 e. The van der Waals surface area contributed by atoms with E-state index >= 15 is 0 Å².